The van der Waals surface area contributed by atoms with Crippen LogP contribution in [0.25, 0.3) is 0 Å². The molecule has 1 aliphatic carbocycles. The minimum absolute atomic E-state index is 0.148. The molecule has 18 heavy (non-hydrogen) atoms. The number of nitrogens with zero attached hydrogens (tertiary/aromatic N) is 2. The van der Waals surface area contributed by atoms with E-state index in [1.54, 1.807) is 6.20 Å². The standard InChI is InChI=1S/C13H21N3O2/c17-13(18)11-3-1-4-12(9-11)15-5-2-7-16-8-6-14-10-16/h6,8,10-12,15H,1-5,7,9H2,(H,17,18). The molecule has 2 rings (SSSR count). The Bertz CT molecular complexity index is 364. The first-order valence-corrected chi connectivity index (χ1v) is 6.67. The van der Waals surface area contributed by atoms with E-state index in [-0.39, 0.29) is 5.92 Å². The van der Waals surface area contributed by atoms with Crippen molar-refractivity contribution in [2.45, 2.75) is 44.7 Å². The van der Waals surface area contributed by atoms with Crippen molar-refractivity contribution in [3.8, 4) is 0 Å². The molecule has 0 bridgehead atoms. The van der Waals surface area contributed by atoms with E-state index < -0.39 is 5.97 Å². The summed E-state index contributed by atoms with van der Waals surface area (Å²) in [5, 5.41) is 12.5. The molecule has 1 aromatic heterocycles. The predicted molar refractivity (Wildman–Crippen MR) is 68.2 cm³/mol. The van der Waals surface area contributed by atoms with Crippen molar-refractivity contribution in [2.75, 3.05) is 6.54 Å². The summed E-state index contributed by atoms with van der Waals surface area (Å²) in [5.74, 6) is -0.787. The van der Waals surface area contributed by atoms with Crippen LogP contribution in [0.2, 0.25) is 0 Å². The van der Waals surface area contributed by atoms with Gasteiger partial charge in [-0.3, -0.25) is 4.79 Å². The van der Waals surface area contributed by atoms with Crippen LogP contribution < -0.4 is 5.32 Å². The summed E-state index contributed by atoms with van der Waals surface area (Å²) in [7, 11) is 0. The Morgan fingerprint density at radius 2 is 2.39 bits per heavy atom. The third kappa shape index (κ3) is 3.84. The van der Waals surface area contributed by atoms with E-state index in [1.807, 2.05) is 12.5 Å². The van der Waals surface area contributed by atoms with Gasteiger partial charge in [0.05, 0.1) is 12.2 Å². The summed E-state index contributed by atoms with van der Waals surface area (Å²) in [6, 6.07) is 0.377. The van der Waals surface area contributed by atoms with Gasteiger partial charge in [0.15, 0.2) is 0 Å². The SMILES string of the molecule is O=C(O)C1CCCC(NCCCn2ccnc2)C1. The molecule has 100 valence electrons. The highest BCUT2D eigenvalue weighted by molar-refractivity contribution is 5.70. The molecule has 1 aliphatic rings. The van der Waals surface area contributed by atoms with Crippen molar-refractivity contribution in [1.82, 2.24) is 14.9 Å². The van der Waals surface area contributed by atoms with Crippen molar-refractivity contribution in [1.29, 1.82) is 0 Å². The van der Waals surface area contributed by atoms with Crippen LogP contribution in [-0.4, -0.2) is 33.2 Å². The number of carboxylic acid groups (broad SMARTS) is 1. The first-order chi connectivity index (χ1) is 8.75. The maximum absolute atomic E-state index is 10.9. The Balaban J connectivity index is 1.62. The van der Waals surface area contributed by atoms with Crippen LogP contribution >= 0.6 is 0 Å². The molecular weight excluding hydrogens is 230 g/mol. The fourth-order valence-electron chi connectivity index (χ4n) is 2.59. The lowest BCUT2D eigenvalue weighted by Crippen LogP contribution is -2.37. The largest absolute Gasteiger partial charge is 0.481 e. The van der Waals surface area contributed by atoms with Crippen molar-refractivity contribution in [3.63, 3.8) is 0 Å². The zero-order valence-corrected chi connectivity index (χ0v) is 10.6. The van der Waals surface area contributed by atoms with Crippen LogP contribution in [0.4, 0.5) is 0 Å². The number of aliphatic carboxylic acids is 1. The number of carboxylic acids is 1. The molecular formula is C13H21N3O2. The van der Waals surface area contributed by atoms with Gasteiger partial charge in [0.2, 0.25) is 0 Å². The Hall–Kier alpha value is -1.36. The number of aryl methyl sites for hydroxylation is 1. The third-order valence-corrected chi connectivity index (χ3v) is 3.61. The van der Waals surface area contributed by atoms with Crippen molar-refractivity contribution < 1.29 is 9.90 Å². The molecule has 0 saturated heterocycles. The summed E-state index contributed by atoms with van der Waals surface area (Å²) in [6.07, 6.45) is 10.4. The maximum atomic E-state index is 10.9. The number of nitrogens with one attached hydrogen (secondary N) is 1. The molecule has 1 fully saturated rings. The van der Waals surface area contributed by atoms with Crippen LogP contribution in [0.3, 0.4) is 0 Å². The summed E-state index contributed by atoms with van der Waals surface area (Å²) in [6.45, 7) is 1.90. The Labute approximate surface area is 107 Å². The minimum atomic E-state index is -0.639. The molecule has 0 radical (unpaired) electrons. The fourth-order valence-corrected chi connectivity index (χ4v) is 2.59. The predicted octanol–water partition coefficient (Wildman–Crippen LogP) is 1.51. The molecule has 1 heterocycles. The zero-order valence-electron chi connectivity index (χ0n) is 10.6. The quantitative estimate of drug-likeness (QED) is 0.752. The van der Waals surface area contributed by atoms with Gasteiger partial charge in [-0.05, 0) is 32.2 Å². The van der Waals surface area contributed by atoms with Gasteiger partial charge in [0.25, 0.3) is 0 Å². The van der Waals surface area contributed by atoms with E-state index in [9.17, 15) is 4.79 Å². The number of rotatable bonds is 6. The maximum Gasteiger partial charge on any atom is 0.306 e. The van der Waals surface area contributed by atoms with Crippen molar-refractivity contribution >= 4 is 5.97 Å². The highest BCUT2D eigenvalue weighted by Crippen LogP contribution is 2.24. The van der Waals surface area contributed by atoms with Gasteiger partial charge in [-0.15, -0.1) is 0 Å². The molecule has 0 spiro atoms. The molecule has 0 aliphatic heterocycles. The number of hydrogen-bond acceptors (Lipinski definition) is 3. The molecule has 2 unspecified atom stereocenters. The van der Waals surface area contributed by atoms with E-state index in [4.69, 9.17) is 5.11 Å². The van der Waals surface area contributed by atoms with Gasteiger partial charge >= 0.3 is 5.97 Å². The lowest BCUT2D eigenvalue weighted by molar-refractivity contribution is -0.143. The third-order valence-electron chi connectivity index (χ3n) is 3.61. The average molecular weight is 251 g/mol. The van der Waals surface area contributed by atoms with Crippen molar-refractivity contribution in [2.24, 2.45) is 5.92 Å². The van der Waals surface area contributed by atoms with Gasteiger partial charge in [-0.2, -0.15) is 0 Å². The lowest BCUT2D eigenvalue weighted by Gasteiger charge is -2.27. The molecule has 2 N–H and O–H groups in total. The second-order valence-corrected chi connectivity index (χ2v) is 5.01. The van der Waals surface area contributed by atoms with E-state index in [1.165, 1.54) is 0 Å². The molecule has 5 heteroatoms. The van der Waals surface area contributed by atoms with Gasteiger partial charge < -0.3 is 15.0 Å². The first-order valence-electron chi connectivity index (χ1n) is 6.67. The molecule has 5 nitrogen and oxygen atoms in total. The lowest BCUT2D eigenvalue weighted by atomic mass is 9.86. The van der Waals surface area contributed by atoms with E-state index in [0.717, 1.165) is 45.2 Å². The zero-order chi connectivity index (χ0) is 12.8. The van der Waals surface area contributed by atoms with E-state index in [2.05, 4.69) is 14.9 Å². The van der Waals surface area contributed by atoms with Crippen LogP contribution in [-0.2, 0) is 11.3 Å². The van der Waals surface area contributed by atoms with Crippen LogP contribution in [0, 0.1) is 5.92 Å². The Kier molecular flexibility index (Phi) is 4.75. The molecule has 1 aromatic rings. The number of hydrogen-bond donors (Lipinski definition) is 2. The smallest absolute Gasteiger partial charge is 0.306 e. The van der Waals surface area contributed by atoms with Gasteiger partial charge in [-0.1, -0.05) is 6.42 Å². The highest BCUT2D eigenvalue weighted by Gasteiger charge is 2.26. The van der Waals surface area contributed by atoms with E-state index >= 15 is 0 Å². The molecule has 2 atom stereocenters. The summed E-state index contributed by atoms with van der Waals surface area (Å²) in [5.41, 5.74) is 0. The second kappa shape index (κ2) is 6.54. The van der Waals surface area contributed by atoms with Crippen LogP contribution in [0.1, 0.15) is 32.1 Å². The van der Waals surface area contributed by atoms with Crippen LogP contribution in [0.15, 0.2) is 18.7 Å². The topological polar surface area (TPSA) is 67.2 Å². The number of carbonyl (C=O) groups is 1. The Morgan fingerprint density at radius 3 is 3.11 bits per heavy atom. The van der Waals surface area contributed by atoms with Gasteiger partial charge in [-0.25, -0.2) is 4.98 Å². The average Bonchev–Trinajstić information content (AvgIpc) is 2.88. The normalized spacial score (nSPS) is 24.0. The highest BCUT2D eigenvalue weighted by atomic mass is 16.4. The van der Waals surface area contributed by atoms with Crippen molar-refractivity contribution in [3.05, 3.63) is 18.7 Å². The van der Waals surface area contributed by atoms with E-state index in [0.29, 0.717) is 6.04 Å². The second-order valence-electron chi connectivity index (χ2n) is 5.01. The Morgan fingerprint density at radius 1 is 1.50 bits per heavy atom. The molecule has 0 aromatic carbocycles. The number of imidazole rings is 1. The monoisotopic (exact) mass is 251 g/mol. The first kappa shape index (κ1) is 13.1. The molecule has 1 saturated carbocycles. The summed E-state index contributed by atoms with van der Waals surface area (Å²) in [4.78, 5) is 14.9. The fraction of sp³-hybridized carbons (Fsp3) is 0.692. The minimum Gasteiger partial charge on any atom is -0.481 e. The summed E-state index contributed by atoms with van der Waals surface area (Å²) < 4.78 is 2.06. The van der Waals surface area contributed by atoms with Gasteiger partial charge in [0, 0.05) is 25.0 Å². The molecule has 0 amide bonds. The number of aromatic nitrogens is 2. The van der Waals surface area contributed by atoms with Crippen LogP contribution in [0.5, 0.6) is 0 Å². The van der Waals surface area contributed by atoms with Gasteiger partial charge in [0.1, 0.15) is 0 Å². The summed E-state index contributed by atoms with van der Waals surface area (Å²) >= 11 is 0.